The van der Waals surface area contributed by atoms with Gasteiger partial charge in [0.15, 0.2) is 0 Å². The smallest absolute Gasteiger partial charge is 0.221 e. The van der Waals surface area contributed by atoms with Crippen LogP contribution in [0.3, 0.4) is 0 Å². The van der Waals surface area contributed by atoms with Gasteiger partial charge >= 0.3 is 0 Å². The number of nitrogens with two attached hydrogens (primary N) is 1. The van der Waals surface area contributed by atoms with E-state index in [1.165, 1.54) is 19.8 Å². The van der Waals surface area contributed by atoms with Crippen LogP contribution in [0.1, 0.15) is 33.1 Å². The zero-order valence-corrected chi connectivity index (χ0v) is 12.1. The van der Waals surface area contributed by atoms with Crippen molar-refractivity contribution < 1.29 is 4.79 Å². The van der Waals surface area contributed by atoms with Gasteiger partial charge in [0.2, 0.25) is 5.91 Å². The van der Waals surface area contributed by atoms with E-state index in [1.807, 2.05) is 6.07 Å². The van der Waals surface area contributed by atoms with E-state index >= 15 is 0 Å². The summed E-state index contributed by atoms with van der Waals surface area (Å²) >= 11 is 6.11. The van der Waals surface area contributed by atoms with Gasteiger partial charge in [0.25, 0.3) is 0 Å². The molecular formula is C14H20ClN3O. The summed E-state index contributed by atoms with van der Waals surface area (Å²) in [4.78, 5) is 13.5. The first kappa shape index (κ1) is 14.0. The topological polar surface area (TPSA) is 58.4 Å². The minimum absolute atomic E-state index is 0.135. The molecule has 0 aliphatic carbocycles. The lowest BCUT2D eigenvalue weighted by Crippen LogP contribution is -2.37. The molecule has 19 heavy (non-hydrogen) atoms. The number of anilines is 3. The van der Waals surface area contributed by atoms with Gasteiger partial charge < -0.3 is 16.0 Å². The molecule has 1 aliphatic rings. The van der Waals surface area contributed by atoms with Crippen molar-refractivity contribution in [2.24, 2.45) is 0 Å². The summed E-state index contributed by atoms with van der Waals surface area (Å²) in [6.45, 7) is 4.66. The molecule has 0 bridgehead atoms. The van der Waals surface area contributed by atoms with Crippen LogP contribution < -0.4 is 16.0 Å². The van der Waals surface area contributed by atoms with Crippen LogP contribution in [-0.2, 0) is 4.79 Å². The molecule has 1 atom stereocenters. The van der Waals surface area contributed by atoms with Crippen molar-refractivity contribution in [2.45, 2.75) is 39.2 Å². The van der Waals surface area contributed by atoms with Crippen LogP contribution in [0.4, 0.5) is 17.1 Å². The van der Waals surface area contributed by atoms with Gasteiger partial charge in [-0.1, -0.05) is 11.6 Å². The standard InChI is InChI=1S/C14H20ClN3O/c1-9-5-3-4-6-18(9)14-8-13(17-10(2)19)11(15)7-12(14)16/h7-9H,3-6,16H2,1-2H3,(H,17,19). The van der Waals surface area contributed by atoms with Crippen molar-refractivity contribution in [1.82, 2.24) is 0 Å². The summed E-state index contributed by atoms with van der Waals surface area (Å²) in [6, 6.07) is 4.05. The van der Waals surface area contributed by atoms with Gasteiger partial charge in [-0.15, -0.1) is 0 Å². The quantitative estimate of drug-likeness (QED) is 0.818. The van der Waals surface area contributed by atoms with E-state index in [4.69, 9.17) is 17.3 Å². The molecule has 1 unspecified atom stereocenters. The normalized spacial score (nSPS) is 19.3. The van der Waals surface area contributed by atoms with Crippen LogP contribution in [0, 0.1) is 0 Å². The Morgan fingerprint density at radius 3 is 2.84 bits per heavy atom. The fourth-order valence-electron chi connectivity index (χ4n) is 2.57. The molecule has 0 spiro atoms. The summed E-state index contributed by atoms with van der Waals surface area (Å²) in [5.41, 5.74) is 8.32. The third-order valence-electron chi connectivity index (χ3n) is 3.54. The molecule has 1 aromatic rings. The molecule has 1 aromatic carbocycles. The number of carbonyl (C=O) groups excluding carboxylic acids is 1. The van der Waals surface area contributed by atoms with Crippen LogP contribution in [0.2, 0.25) is 5.02 Å². The lowest BCUT2D eigenvalue weighted by atomic mass is 10.0. The fourth-order valence-corrected chi connectivity index (χ4v) is 2.79. The van der Waals surface area contributed by atoms with E-state index < -0.39 is 0 Å². The van der Waals surface area contributed by atoms with E-state index in [1.54, 1.807) is 6.07 Å². The summed E-state index contributed by atoms with van der Waals surface area (Å²) in [5, 5.41) is 3.21. The number of benzene rings is 1. The highest BCUT2D eigenvalue weighted by molar-refractivity contribution is 6.34. The molecule has 1 amide bonds. The van der Waals surface area contributed by atoms with Crippen LogP contribution in [0.25, 0.3) is 0 Å². The molecule has 1 fully saturated rings. The molecule has 1 heterocycles. The Kier molecular flexibility index (Phi) is 4.20. The number of nitrogens with one attached hydrogen (secondary N) is 1. The van der Waals surface area contributed by atoms with Gasteiger partial charge in [0.05, 0.1) is 22.1 Å². The maximum atomic E-state index is 11.2. The first-order valence-corrected chi connectivity index (χ1v) is 7.00. The zero-order valence-electron chi connectivity index (χ0n) is 11.4. The lowest BCUT2D eigenvalue weighted by molar-refractivity contribution is -0.114. The molecule has 5 heteroatoms. The van der Waals surface area contributed by atoms with Crippen molar-refractivity contribution in [3.63, 3.8) is 0 Å². The van der Waals surface area contributed by atoms with Gasteiger partial charge in [-0.25, -0.2) is 0 Å². The fraction of sp³-hybridized carbons (Fsp3) is 0.500. The average molecular weight is 282 g/mol. The Morgan fingerprint density at radius 1 is 1.47 bits per heavy atom. The first-order valence-electron chi connectivity index (χ1n) is 6.62. The van der Waals surface area contributed by atoms with E-state index in [9.17, 15) is 4.79 Å². The molecule has 0 radical (unpaired) electrons. The van der Waals surface area contributed by atoms with E-state index in [0.29, 0.717) is 22.4 Å². The van der Waals surface area contributed by atoms with Crippen LogP contribution >= 0.6 is 11.6 Å². The molecule has 0 saturated carbocycles. The number of rotatable bonds is 2. The molecule has 1 aliphatic heterocycles. The van der Waals surface area contributed by atoms with Crippen LogP contribution in [0.15, 0.2) is 12.1 Å². The summed E-state index contributed by atoms with van der Waals surface area (Å²) in [7, 11) is 0. The third-order valence-corrected chi connectivity index (χ3v) is 3.85. The average Bonchev–Trinajstić information content (AvgIpc) is 2.33. The van der Waals surface area contributed by atoms with Gasteiger partial charge in [-0.3, -0.25) is 4.79 Å². The Morgan fingerprint density at radius 2 is 2.21 bits per heavy atom. The van der Waals surface area contributed by atoms with Gasteiger partial charge in [0, 0.05) is 19.5 Å². The Labute approximate surface area is 118 Å². The number of nitrogens with zero attached hydrogens (tertiary/aromatic N) is 1. The number of halogens is 1. The van der Waals surface area contributed by atoms with Crippen molar-refractivity contribution in [3.05, 3.63) is 17.2 Å². The van der Waals surface area contributed by atoms with Gasteiger partial charge in [-0.2, -0.15) is 0 Å². The van der Waals surface area contributed by atoms with Gasteiger partial charge in [0.1, 0.15) is 0 Å². The molecule has 2 rings (SSSR count). The highest BCUT2D eigenvalue weighted by Crippen LogP contribution is 2.36. The molecule has 3 N–H and O–H groups in total. The van der Waals surface area contributed by atoms with Crippen LogP contribution in [-0.4, -0.2) is 18.5 Å². The van der Waals surface area contributed by atoms with Gasteiger partial charge in [-0.05, 0) is 38.3 Å². The second-order valence-corrected chi connectivity index (χ2v) is 5.52. The SMILES string of the molecule is CC(=O)Nc1cc(N2CCCCC2C)c(N)cc1Cl. The molecule has 4 nitrogen and oxygen atoms in total. The number of amides is 1. The van der Waals surface area contributed by atoms with E-state index in [0.717, 1.165) is 18.7 Å². The second kappa shape index (κ2) is 5.70. The first-order chi connectivity index (χ1) is 8.99. The Balaban J connectivity index is 2.36. The van der Waals surface area contributed by atoms with E-state index in [2.05, 4.69) is 17.1 Å². The highest BCUT2D eigenvalue weighted by atomic mass is 35.5. The van der Waals surface area contributed by atoms with E-state index in [-0.39, 0.29) is 5.91 Å². The maximum absolute atomic E-state index is 11.2. The largest absolute Gasteiger partial charge is 0.397 e. The van der Waals surface area contributed by atoms with Crippen molar-refractivity contribution in [2.75, 3.05) is 22.5 Å². The maximum Gasteiger partial charge on any atom is 0.221 e. The molecule has 0 aromatic heterocycles. The van der Waals surface area contributed by atoms with Crippen molar-refractivity contribution in [1.29, 1.82) is 0 Å². The minimum atomic E-state index is -0.135. The minimum Gasteiger partial charge on any atom is -0.397 e. The second-order valence-electron chi connectivity index (χ2n) is 5.11. The number of carbonyl (C=O) groups is 1. The number of piperidine rings is 1. The molecule has 1 saturated heterocycles. The Hall–Kier alpha value is -1.42. The zero-order chi connectivity index (χ0) is 14.0. The molecular weight excluding hydrogens is 262 g/mol. The van der Waals surface area contributed by atoms with Crippen molar-refractivity contribution in [3.8, 4) is 0 Å². The Bertz CT molecular complexity index is 490. The highest BCUT2D eigenvalue weighted by Gasteiger charge is 2.21. The van der Waals surface area contributed by atoms with Crippen molar-refractivity contribution >= 4 is 34.6 Å². The molecule has 104 valence electrons. The summed E-state index contributed by atoms with van der Waals surface area (Å²) < 4.78 is 0. The number of hydrogen-bond acceptors (Lipinski definition) is 3. The predicted molar refractivity (Wildman–Crippen MR) is 80.8 cm³/mol. The van der Waals surface area contributed by atoms with Crippen LogP contribution in [0.5, 0.6) is 0 Å². The summed E-state index contributed by atoms with van der Waals surface area (Å²) in [6.07, 6.45) is 3.59. The lowest BCUT2D eigenvalue weighted by Gasteiger charge is -2.36. The predicted octanol–water partition coefficient (Wildman–Crippen LogP) is 3.26. The number of nitrogen functional groups attached to an aromatic ring is 1. The third kappa shape index (κ3) is 3.13. The number of hydrogen-bond donors (Lipinski definition) is 2. The summed E-state index contributed by atoms with van der Waals surface area (Å²) in [5.74, 6) is -0.135. The monoisotopic (exact) mass is 281 g/mol.